The van der Waals surface area contributed by atoms with Gasteiger partial charge in [0, 0.05) is 16.2 Å². The predicted molar refractivity (Wildman–Crippen MR) is 87.5 cm³/mol. The van der Waals surface area contributed by atoms with Crippen molar-refractivity contribution in [2.45, 2.75) is 25.9 Å². The average Bonchev–Trinajstić information content (AvgIpc) is 2.95. The normalized spacial score (nSPS) is 15.0. The van der Waals surface area contributed by atoms with Crippen molar-refractivity contribution in [1.82, 2.24) is 0 Å². The standard InChI is InChI=1S/C16H17BrO3S/c1-2-11-3-4-12(21-11)9-14(18)10-7-13(17)16-15(8-10)19-5-6-20-16/h3-4,7-8,14,18H,2,5-6,9H2,1H3. The highest BCUT2D eigenvalue weighted by molar-refractivity contribution is 9.10. The number of hydrogen-bond acceptors (Lipinski definition) is 4. The number of ether oxygens (including phenoxy) is 2. The molecule has 21 heavy (non-hydrogen) atoms. The Labute approximate surface area is 136 Å². The van der Waals surface area contributed by atoms with Gasteiger partial charge < -0.3 is 14.6 Å². The van der Waals surface area contributed by atoms with E-state index in [9.17, 15) is 5.11 Å². The summed E-state index contributed by atoms with van der Waals surface area (Å²) in [5.74, 6) is 1.42. The van der Waals surface area contributed by atoms with Gasteiger partial charge in [-0.2, -0.15) is 0 Å². The summed E-state index contributed by atoms with van der Waals surface area (Å²) in [5.41, 5.74) is 0.845. The summed E-state index contributed by atoms with van der Waals surface area (Å²) in [6, 6.07) is 8.01. The number of benzene rings is 1. The summed E-state index contributed by atoms with van der Waals surface area (Å²) in [4.78, 5) is 2.55. The summed E-state index contributed by atoms with van der Waals surface area (Å²) in [7, 11) is 0. The van der Waals surface area contributed by atoms with E-state index >= 15 is 0 Å². The molecule has 1 unspecified atom stereocenters. The van der Waals surface area contributed by atoms with Gasteiger partial charge in [-0.1, -0.05) is 6.92 Å². The summed E-state index contributed by atoms with van der Waals surface area (Å²) in [5, 5.41) is 10.5. The minimum absolute atomic E-state index is 0.541. The fraction of sp³-hybridized carbons (Fsp3) is 0.375. The van der Waals surface area contributed by atoms with Crippen LogP contribution in [0.4, 0.5) is 0 Å². The van der Waals surface area contributed by atoms with Crippen molar-refractivity contribution in [2.24, 2.45) is 0 Å². The van der Waals surface area contributed by atoms with Gasteiger partial charge in [0.1, 0.15) is 13.2 Å². The zero-order chi connectivity index (χ0) is 14.8. The fourth-order valence-electron chi connectivity index (χ4n) is 2.35. The van der Waals surface area contributed by atoms with Crippen molar-refractivity contribution in [1.29, 1.82) is 0 Å². The lowest BCUT2D eigenvalue weighted by molar-refractivity contribution is 0.163. The maximum atomic E-state index is 10.5. The molecule has 1 atom stereocenters. The third kappa shape index (κ3) is 3.25. The molecule has 1 aliphatic rings. The molecule has 112 valence electrons. The van der Waals surface area contributed by atoms with Crippen molar-refractivity contribution in [3.63, 3.8) is 0 Å². The number of aliphatic hydroxyl groups is 1. The van der Waals surface area contributed by atoms with Crippen LogP contribution in [0.1, 0.15) is 28.3 Å². The highest BCUT2D eigenvalue weighted by atomic mass is 79.9. The fourth-order valence-corrected chi connectivity index (χ4v) is 3.92. The molecule has 3 nitrogen and oxygen atoms in total. The number of halogens is 1. The van der Waals surface area contributed by atoms with Crippen LogP contribution in [-0.2, 0) is 12.8 Å². The monoisotopic (exact) mass is 368 g/mol. The van der Waals surface area contributed by atoms with Gasteiger partial charge in [-0.25, -0.2) is 0 Å². The Morgan fingerprint density at radius 1 is 1.24 bits per heavy atom. The van der Waals surface area contributed by atoms with Gasteiger partial charge in [-0.15, -0.1) is 11.3 Å². The van der Waals surface area contributed by atoms with E-state index in [0.29, 0.717) is 25.4 Å². The second kappa shape index (κ2) is 6.38. The van der Waals surface area contributed by atoms with Crippen LogP contribution in [0.25, 0.3) is 0 Å². The van der Waals surface area contributed by atoms with Crippen LogP contribution >= 0.6 is 27.3 Å². The van der Waals surface area contributed by atoms with Crippen molar-refractivity contribution in [3.05, 3.63) is 44.1 Å². The number of fused-ring (bicyclic) bond motifs is 1. The number of thiophene rings is 1. The Morgan fingerprint density at radius 3 is 2.76 bits per heavy atom. The Hall–Kier alpha value is -1.04. The second-order valence-electron chi connectivity index (χ2n) is 4.97. The summed E-state index contributed by atoms with van der Waals surface area (Å²) >= 11 is 5.25. The smallest absolute Gasteiger partial charge is 0.175 e. The van der Waals surface area contributed by atoms with Gasteiger partial charge in [0.05, 0.1) is 10.6 Å². The lowest BCUT2D eigenvalue weighted by atomic mass is 10.0. The van der Waals surface area contributed by atoms with Gasteiger partial charge >= 0.3 is 0 Å². The molecule has 1 aromatic carbocycles. The van der Waals surface area contributed by atoms with E-state index in [-0.39, 0.29) is 0 Å². The Balaban J connectivity index is 1.81. The third-order valence-electron chi connectivity index (χ3n) is 3.46. The summed E-state index contributed by atoms with van der Waals surface area (Å²) in [6.07, 6.45) is 1.12. The molecule has 0 saturated carbocycles. The molecule has 2 heterocycles. The molecule has 0 aliphatic carbocycles. The van der Waals surface area contributed by atoms with Crippen molar-refractivity contribution in [3.8, 4) is 11.5 Å². The molecule has 1 N–H and O–H groups in total. The number of rotatable bonds is 4. The molecule has 1 aromatic heterocycles. The maximum absolute atomic E-state index is 10.5. The number of hydrogen-bond donors (Lipinski definition) is 1. The Morgan fingerprint density at radius 2 is 2.00 bits per heavy atom. The molecular formula is C16H17BrO3S. The van der Waals surface area contributed by atoms with Crippen molar-refractivity contribution < 1.29 is 14.6 Å². The first-order valence-corrected chi connectivity index (χ1v) is 8.63. The zero-order valence-electron chi connectivity index (χ0n) is 11.8. The molecule has 5 heteroatoms. The van der Waals surface area contributed by atoms with E-state index in [4.69, 9.17) is 9.47 Å². The minimum atomic E-state index is -0.541. The van der Waals surface area contributed by atoms with E-state index in [1.807, 2.05) is 12.1 Å². The molecule has 0 fully saturated rings. The first-order chi connectivity index (χ1) is 10.2. The van der Waals surface area contributed by atoms with Crippen LogP contribution in [0.5, 0.6) is 11.5 Å². The minimum Gasteiger partial charge on any atom is -0.486 e. The molecule has 0 amide bonds. The van der Waals surface area contributed by atoms with Gasteiger partial charge in [0.15, 0.2) is 11.5 Å². The van der Waals surface area contributed by atoms with Crippen LogP contribution in [-0.4, -0.2) is 18.3 Å². The first-order valence-electron chi connectivity index (χ1n) is 7.02. The van der Waals surface area contributed by atoms with Crippen LogP contribution in [0, 0.1) is 0 Å². The third-order valence-corrected chi connectivity index (χ3v) is 5.31. The molecule has 0 saturated heterocycles. The maximum Gasteiger partial charge on any atom is 0.175 e. The molecule has 1 aliphatic heterocycles. The lowest BCUT2D eigenvalue weighted by Crippen LogP contribution is -2.16. The topological polar surface area (TPSA) is 38.7 Å². The summed E-state index contributed by atoms with van der Waals surface area (Å²) < 4.78 is 12.0. The van der Waals surface area contributed by atoms with Crippen LogP contribution < -0.4 is 9.47 Å². The predicted octanol–water partition coefficient (Wildman–Crippen LogP) is 4.12. The molecular weight excluding hydrogens is 352 g/mol. The van der Waals surface area contributed by atoms with Gasteiger partial charge in [-0.3, -0.25) is 0 Å². The average molecular weight is 369 g/mol. The van der Waals surface area contributed by atoms with E-state index < -0.39 is 6.10 Å². The van der Waals surface area contributed by atoms with Crippen molar-refractivity contribution >= 4 is 27.3 Å². The first kappa shape index (κ1) is 14.9. The van der Waals surface area contributed by atoms with Crippen molar-refractivity contribution in [2.75, 3.05) is 13.2 Å². The number of aliphatic hydroxyl groups excluding tert-OH is 1. The van der Waals surface area contributed by atoms with Crippen LogP contribution in [0.2, 0.25) is 0 Å². The molecule has 0 spiro atoms. The van der Waals surface area contributed by atoms with E-state index in [2.05, 4.69) is 35.0 Å². The summed E-state index contributed by atoms with van der Waals surface area (Å²) in [6.45, 7) is 3.25. The zero-order valence-corrected chi connectivity index (χ0v) is 14.2. The highest BCUT2D eigenvalue weighted by Gasteiger charge is 2.19. The quantitative estimate of drug-likeness (QED) is 0.881. The van der Waals surface area contributed by atoms with E-state index in [0.717, 1.165) is 22.2 Å². The van der Waals surface area contributed by atoms with E-state index in [1.54, 1.807) is 11.3 Å². The molecule has 0 radical (unpaired) electrons. The van der Waals surface area contributed by atoms with Gasteiger partial charge in [0.25, 0.3) is 0 Å². The Kier molecular flexibility index (Phi) is 4.52. The van der Waals surface area contributed by atoms with E-state index in [1.165, 1.54) is 9.75 Å². The molecule has 3 rings (SSSR count). The SMILES string of the molecule is CCc1ccc(CC(O)c2cc(Br)c3c(c2)OCCO3)s1. The number of aryl methyl sites for hydroxylation is 1. The lowest BCUT2D eigenvalue weighted by Gasteiger charge is -2.21. The van der Waals surface area contributed by atoms with Gasteiger partial charge in [0.2, 0.25) is 0 Å². The second-order valence-corrected chi connectivity index (χ2v) is 7.08. The molecule has 2 aromatic rings. The highest BCUT2D eigenvalue weighted by Crippen LogP contribution is 2.40. The van der Waals surface area contributed by atoms with Gasteiger partial charge in [-0.05, 0) is 52.2 Å². The van der Waals surface area contributed by atoms with Crippen LogP contribution in [0.3, 0.4) is 0 Å². The molecule has 0 bridgehead atoms. The largest absolute Gasteiger partial charge is 0.486 e. The van der Waals surface area contributed by atoms with Crippen LogP contribution in [0.15, 0.2) is 28.7 Å². The Bertz CT molecular complexity index is 638.